The lowest BCUT2D eigenvalue weighted by atomic mass is 9.75. The zero-order chi connectivity index (χ0) is 33.8. The van der Waals surface area contributed by atoms with Crippen LogP contribution < -0.4 is 14.8 Å². The van der Waals surface area contributed by atoms with Crippen LogP contribution in [0.5, 0.6) is 5.88 Å². The van der Waals surface area contributed by atoms with Gasteiger partial charge in [-0.05, 0) is 70.5 Å². The van der Waals surface area contributed by atoms with Gasteiger partial charge in [0.2, 0.25) is 5.88 Å². The predicted molar refractivity (Wildman–Crippen MR) is 192 cm³/mol. The van der Waals surface area contributed by atoms with Crippen LogP contribution in [0.3, 0.4) is 0 Å². The van der Waals surface area contributed by atoms with Crippen LogP contribution in [0.1, 0.15) is 72.1 Å². The van der Waals surface area contributed by atoms with Gasteiger partial charge < -0.3 is 10.1 Å². The lowest BCUT2D eigenvalue weighted by Gasteiger charge is -2.34. The van der Waals surface area contributed by atoms with Crippen LogP contribution in [0.25, 0.3) is 0 Å². The molecule has 0 radical (unpaired) electrons. The van der Waals surface area contributed by atoms with Gasteiger partial charge in [-0.15, -0.1) is 0 Å². The molecule has 1 aliphatic heterocycles. The minimum Gasteiger partial charge on any atom is -0.476 e. The van der Waals surface area contributed by atoms with Gasteiger partial charge in [0.1, 0.15) is 10.4 Å². The van der Waals surface area contributed by atoms with Crippen LogP contribution in [0, 0.1) is 5.41 Å². The number of hydrogen-bond acceptors (Lipinski definition) is 5. The van der Waals surface area contributed by atoms with E-state index in [9.17, 15) is 4.79 Å². The molecule has 1 unspecified atom stereocenters. The highest BCUT2D eigenvalue weighted by molar-refractivity contribution is 7.92. The second-order valence-corrected chi connectivity index (χ2v) is 16.2. The number of rotatable bonds is 7. The molecule has 1 aromatic heterocycles. The summed E-state index contributed by atoms with van der Waals surface area (Å²) in [6.45, 7) is 7.38. The first-order chi connectivity index (χ1) is 23.7. The van der Waals surface area contributed by atoms with Crippen molar-refractivity contribution in [3.05, 3.63) is 142 Å². The van der Waals surface area contributed by atoms with Gasteiger partial charge in [-0.3, -0.25) is 0 Å². The molecule has 0 spiro atoms. The molecule has 2 amide bonds. The summed E-state index contributed by atoms with van der Waals surface area (Å²) in [5, 5.41) is 7.82. The fourth-order valence-corrected chi connectivity index (χ4v) is 9.65. The number of nitrogens with zero attached hydrogens (tertiary/aromatic N) is 3. The summed E-state index contributed by atoms with van der Waals surface area (Å²) in [5.74, 6) is 0.696. The van der Waals surface area contributed by atoms with E-state index in [2.05, 4.69) is 42.0 Å². The number of aromatic nitrogens is 2. The Morgan fingerprint density at radius 2 is 1.55 bits per heavy atom. The number of urea groups is 1. The molecule has 2 N–H and O–H groups in total. The van der Waals surface area contributed by atoms with E-state index in [1.54, 1.807) is 10.9 Å². The first-order valence-corrected chi connectivity index (χ1v) is 18.6. The van der Waals surface area contributed by atoms with Gasteiger partial charge in [0.25, 0.3) is 0 Å². The lowest BCUT2D eigenvalue weighted by Crippen LogP contribution is -2.39. The van der Waals surface area contributed by atoms with Crippen LogP contribution in [0.15, 0.2) is 113 Å². The maximum atomic E-state index is 16.0. The molecule has 3 aliphatic rings. The zero-order valence-electron chi connectivity index (χ0n) is 28.1. The van der Waals surface area contributed by atoms with Gasteiger partial charge in [-0.1, -0.05) is 118 Å². The number of benzene rings is 4. The number of fused-ring (bicyclic) bond motifs is 3. The van der Waals surface area contributed by atoms with Crippen LogP contribution in [-0.4, -0.2) is 26.6 Å². The summed E-state index contributed by atoms with van der Waals surface area (Å²) >= 11 is 0. The van der Waals surface area contributed by atoms with Crippen LogP contribution in [0.2, 0.25) is 0 Å². The van der Waals surface area contributed by atoms with Crippen LogP contribution >= 0.6 is 0 Å². The van der Waals surface area contributed by atoms with E-state index in [-0.39, 0.29) is 10.3 Å². The normalized spacial score (nSPS) is 18.5. The second-order valence-electron chi connectivity index (χ2n) is 14.3. The molecule has 2 atom stereocenters. The van der Waals surface area contributed by atoms with E-state index < -0.39 is 21.5 Å². The minimum atomic E-state index is -3.80. The van der Waals surface area contributed by atoms with Gasteiger partial charge >= 0.3 is 6.03 Å². The molecule has 0 bridgehead atoms. The topological polar surface area (TPSA) is 97.6 Å². The monoisotopic (exact) mass is 671 g/mol. The number of anilines is 1. The molecular formula is C40H41N5O3S. The largest absolute Gasteiger partial charge is 0.476 e. The number of hydrogen-bond donors (Lipinski definition) is 2. The Morgan fingerprint density at radius 1 is 0.939 bits per heavy atom. The molecule has 2 aliphatic carbocycles. The summed E-state index contributed by atoms with van der Waals surface area (Å²) < 4.78 is 32.4. The fraction of sp³-hybridized carbons (Fsp3) is 0.300. The minimum absolute atomic E-state index is 0.173. The number of ether oxygens (including phenoxy) is 1. The number of nitrogens with one attached hydrogen (secondary N) is 2. The highest BCUT2D eigenvalue weighted by atomic mass is 32.2. The van der Waals surface area contributed by atoms with Crippen molar-refractivity contribution in [2.24, 2.45) is 9.78 Å². The maximum absolute atomic E-state index is 16.0. The number of carbonyl (C=O) groups excluding carboxylic acids is 1. The first-order valence-electron chi connectivity index (χ1n) is 17.1. The number of carbonyl (C=O) groups is 1. The Hall–Kier alpha value is -4.89. The van der Waals surface area contributed by atoms with E-state index in [1.807, 2.05) is 91.0 Å². The van der Waals surface area contributed by atoms with Gasteiger partial charge in [-0.2, -0.15) is 9.46 Å². The Bertz CT molecular complexity index is 2070. The van der Waals surface area contributed by atoms with Crippen molar-refractivity contribution in [1.82, 2.24) is 14.5 Å². The third-order valence-corrected chi connectivity index (χ3v) is 12.0. The zero-order valence-corrected chi connectivity index (χ0v) is 28.9. The Morgan fingerprint density at radius 3 is 2.14 bits per heavy atom. The molecule has 0 saturated heterocycles. The summed E-state index contributed by atoms with van der Waals surface area (Å²) in [4.78, 5) is 14.6. The van der Waals surface area contributed by atoms with E-state index in [4.69, 9.17) is 9.10 Å². The Labute approximate surface area is 288 Å². The van der Waals surface area contributed by atoms with Gasteiger partial charge in [0.15, 0.2) is 9.92 Å². The van der Waals surface area contributed by atoms with Gasteiger partial charge in [0.05, 0.1) is 19.3 Å². The van der Waals surface area contributed by atoms with Gasteiger partial charge in [0, 0.05) is 11.1 Å². The SMILES string of the molecule is C[C@H]1Cc2cc3c(c(NC(=O)NS(=O)(=NC(c4ccccc4)(c4ccccc4)c4ccccc4)c4cnn5c4OCC(C)(C)C5)c21)CCC3. The van der Waals surface area contributed by atoms with Crippen LogP contribution in [-0.2, 0) is 41.3 Å². The van der Waals surface area contributed by atoms with Crippen molar-refractivity contribution < 1.29 is 13.7 Å². The smallest absolute Gasteiger partial charge is 0.331 e. The molecule has 8 nitrogen and oxygen atoms in total. The summed E-state index contributed by atoms with van der Waals surface area (Å²) in [6, 6.07) is 31.3. The van der Waals surface area contributed by atoms with Crippen molar-refractivity contribution in [2.75, 3.05) is 11.9 Å². The molecule has 0 fully saturated rings. The molecule has 2 heterocycles. The maximum Gasteiger partial charge on any atom is 0.331 e. The molecular weight excluding hydrogens is 631 g/mol. The van der Waals surface area contributed by atoms with E-state index in [1.165, 1.54) is 22.3 Å². The average Bonchev–Trinajstić information content (AvgIpc) is 3.75. The Kier molecular flexibility index (Phi) is 7.63. The van der Waals surface area contributed by atoms with E-state index in [0.29, 0.717) is 24.9 Å². The third-order valence-electron chi connectivity index (χ3n) is 10.1. The molecule has 0 saturated carbocycles. The van der Waals surface area contributed by atoms with Crippen molar-refractivity contribution in [2.45, 2.75) is 69.4 Å². The third kappa shape index (κ3) is 5.40. The number of aryl methyl sites for hydroxylation is 1. The van der Waals surface area contributed by atoms with E-state index in [0.717, 1.165) is 48.1 Å². The average molecular weight is 672 g/mol. The first kappa shape index (κ1) is 31.4. The molecule has 9 heteroatoms. The fourth-order valence-electron chi connectivity index (χ4n) is 7.80. The predicted octanol–water partition coefficient (Wildman–Crippen LogP) is 8.01. The number of amides is 2. The van der Waals surface area contributed by atoms with Crippen molar-refractivity contribution >= 4 is 21.6 Å². The van der Waals surface area contributed by atoms with E-state index >= 15 is 4.21 Å². The molecule has 250 valence electrons. The summed E-state index contributed by atoms with van der Waals surface area (Å²) in [5.41, 5.74) is 6.78. The molecule has 49 heavy (non-hydrogen) atoms. The highest BCUT2D eigenvalue weighted by Gasteiger charge is 2.41. The second kappa shape index (κ2) is 11.9. The molecule has 4 aromatic carbocycles. The van der Waals surface area contributed by atoms with Crippen molar-refractivity contribution in [3.63, 3.8) is 0 Å². The molecule has 8 rings (SSSR count). The van der Waals surface area contributed by atoms with Crippen molar-refractivity contribution in [1.29, 1.82) is 0 Å². The lowest BCUT2D eigenvalue weighted by molar-refractivity contribution is 0.0971. The van der Waals surface area contributed by atoms with Crippen LogP contribution in [0.4, 0.5) is 10.5 Å². The quantitative estimate of drug-likeness (QED) is 0.171. The van der Waals surface area contributed by atoms with Gasteiger partial charge in [-0.25, -0.2) is 18.4 Å². The summed E-state index contributed by atoms with van der Waals surface area (Å²) in [6.07, 6.45) is 5.51. The van der Waals surface area contributed by atoms with Crippen molar-refractivity contribution in [3.8, 4) is 5.88 Å². The Balaban J connectivity index is 1.35. The standard InChI is InChI=1S/C40H41N5O3S/c1-27-22-29-23-28-14-13-21-33(28)36(35(27)29)42-38(46)43-49(47,34-24-41-45-25-39(2,3)26-48-37(34)45)44-40(30-15-7-4-8-16-30,31-17-9-5-10-18-31)32-19-11-6-12-20-32/h4-12,15-20,23-24,27H,13-14,21-22,25-26H2,1-3H3,(H2,42,43,44,46,47)/t27-,49?/m0/s1. The summed E-state index contributed by atoms with van der Waals surface area (Å²) in [7, 11) is -3.80. The molecule has 5 aromatic rings. The highest BCUT2D eigenvalue weighted by Crippen LogP contribution is 2.47.